The zero-order valence-electron chi connectivity index (χ0n) is 11.2. The van der Waals surface area contributed by atoms with Gasteiger partial charge in [0.15, 0.2) is 0 Å². The van der Waals surface area contributed by atoms with Crippen LogP contribution in [-0.2, 0) is 0 Å². The number of non-ortho nitro benzene ring substituents is 1. The molecule has 2 aromatic carbocycles. The number of nitrogens with two attached hydrogens (primary N) is 1. The first kappa shape index (κ1) is 15.1. The second kappa shape index (κ2) is 6.44. The summed E-state index contributed by atoms with van der Waals surface area (Å²) < 4.78 is 13.0. The number of carbonyl (C=O) groups is 1. The molecular weight excluding hydrogens is 291 g/mol. The van der Waals surface area contributed by atoms with Gasteiger partial charge in [-0.25, -0.2) is 9.82 Å². The van der Waals surface area contributed by atoms with Crippen molar-refractivity contribution in [1.82, 2.24) is 5.43 Å². The number of nitrogen functional groups attached to an aromatic ring is 1. The van der Waals surface area contributed by atoms with E-state index in [4.69, 9.17) is 5.73 Å². The smallest absolute Gasteiger partial charge is 0.272 e. The van der Waals surface area contributed by atoms with Gasteiger partial charge in [0.1, 0.15) is 5.82 Å². The zero-order chi connectivity index (χ0) is 16.1. The summed E-state index contributed by atoms with van der Waals surface area (Å²) >= 11 is 0. The van der Waals surface area contributed by atoms with Crippen LogP contribution in [0.2, 0.25) is 0 Å². The molecule has 0 aromatic heterocycles. The van der Waals surface area contributed by atoms with Crippen LogP contribution in [0.5, 0.6) is 0 Å². The number of benzene rings is 2. The highest BCUT2D eigenvalue weighted by atomic mass is 19.1. The SMILES string of the molecule is Nc1cc(C(=O)NN=Cc2cccc(F)c2)cc([N+](=O)[O-])c1. The van der Waals surface area contributed by atoms with Crippen molar-refractivity contribution in [2.24, 2.45) is 5.10 Å². The van der Waals surface area contributed by atoms with Crippen LogP contribution in [0.1, 0.15) is 15.9 Å². The Labute approximate surface area is 124 Å². The molecule has 0 aliphatic carbocycles. The Morgan fingerprint density at radius 1 is 1.32 bits per heavy atom. The lowest BCUT2D eigenvalue weighted by atomic mass is 10.1. The van der Waals surface area contributed by atoms with Crippen LogP contribution in [0.4, 0.5) is 15.8 Å². The Morgan fingerprint density at radius 2 is 2.09 bits per heavy atom. The van der Waals surface area contributed by atoms with Gasteiger partial charge in [-0.1, -0.05) is 12.1 Å². The largest absolute Gasteiger partial charge is 0.399 e. The van der Waals surface area contributed by atoms with Gasteiger partial charge >= 0.3 is 0 Å². The van der Waals surface area contributed by atoms with E-state index in [1.165, 1.54) is 30.5 Å². The van der Waals surface area contributed by atoms with Crippen LogP contribution in [-0.4, -0.2) is 17.0 Å². The highest BCUT2D eigenvalue weighted by Gasteiger charge is 2.13. The lowest BCUT2D eigenvalue weighted by Gasteiger charge is -2.02. The average Bonchev–Trinajstić information content (AvgIpc) is 2.46. The third-order valence-corrected chi connectivity index (χ3v) is 2.64. The van der Waals surface area contributed by atoms with Crippen molar-refractivity contribution in [1.29, 1.82) is 0 Å². The molecule has 0 saturated carbocycles. The number of anilines is 1. The molecule has 7 nitrogen and oxygen atoms in total. The maximum atomic E-state index is 13.0. The molecule has 0 fully saturated rings. The first-order chi connectivity index (χ1) is 10.5. The Morgan fingerprint density at radius 3 is 2.77 bits per heavy atom. The summed E-state index contributed by atoms with van der Waals surface area (Å²) in [7, 11) is 0. The van der Waals surface area contributed by atoms with E-state index in [0.717, 1.165) is 12.1 Å². The quantitative estimate of drug-likeness (QED) is 0.390. The van der Waals surface area contributed by atoms with Crippen molar-refractivity contribution in [3.63, 3.8) is 0 Å². The Kier molecular flexibility index (Phi) is 4.42. The van der Waals surface area contributed by atoms with E-state index in [9.17, 15) is 19.3 Å². The summed E-state index contributed by atoms with van der Waals surface area (Å²) in [5.41, 5.74) is 7.96. The van der Waals surface area contributed by atoms with E-state index < -0.39 is 16.6 Å². The van der Waals surface area contributed by atoms with Gasteiger partial charge in [-0.3, -0.25) is 14.9 Å². The predicted octanol–water partition coefficient (Wildman–Crippen LogP) is 2.08. The molecule has 112 valence electrons. The molecule has 2 rings (SSSR count). The molecule has 0 saturated heterocycles. The summed E-state index contributed by atoms with van der Waals surface area (Å²) in [6.45, 7) is 0. The van der Waals surface area contributed by atoms with Crippen LogP contribution >= 0.6 is 0 Å². The predicted molar refractivity (Wildman–Crippen MR) is 79.0 cm³/mol. The maximum absolute atomic E-state index is 13.0. The number of amides is 1. The molecule has 0 aliphatic rings. The van der Waals surface area contributed by atoms with Gasteiger partial charge in [0.2, 0.25) is 0 Å². The second-order valence-electron chi connectivity index (χ2n) is 4.32. The molecule has 8 heteroatoms. The minimum atomic E-state index is -0.664. The van der Waals surface area contributed by atoms with Crippen molar-refractivity contribution >= 4 is 23.5 Å². The van der Waals surface area contributed by atoms with Crippen molar-refractivity contribution < 1.29 is 14.1 Å². The van der Waals surface area contributed by atoms with Gasteiger partial charge < -0.3 is 5.73 Å². The molecule has 0 unspecified atom stereocenters. The first-order valence-corrected chi connectivity index (χ1v) is 6.09. The average molecular weight is 302 g/mol. The fourth-order valence-electron chi connectivity index (χ4n) is 1.69. The van der Waals surface area contributed by atoms with Gasteiger partial charge in [0.25, 0.3) is 11.6 Å². The van der Waals surface area contributed by atoms with Gasteiger partial charge in [-0.05, 0) is 23.8 Å². The van der Waals surface area contributed by atoms with Crippen LogP contribution in [0.15, 0.2) is 47.6 Å². The third kappa shape index (κ3) is 3.85. The van der Waals surface area contributed by atoms with E-state index in [0.29, 0.717) is 5.56 Å². The van der Waals surface area contributed by atoms with E-state index >= 15 is 0 Å². The highest BCUT2D eigenvalue weighted by molar-refractivity contribution is 5.96. The van der Waals surface area contributed by atoms with Crippen LogP contribution in [0, 0.1) is 15.9 Å². The number of rotatable bonds is 4. The van der Waals surface area contributed by atoms with E-state index in [1.807, 2.05) is 0 Å². The van der Waals surface area contributed by atoms with Crippen molar-refractivity contribution in [3.05, 3.63) is 69.5 Å². The third-order valence-electron chi connectivity index (χ3n) is 2.64. The number of nitro groups is 1. The normalized spacial score (nSPS) is 10.6. The fraction of sp³-hybridized carbons (Fsp3) is 0. The van der Waals surface area contributed by atoms with Gasteiger partial charge in [-0.15, -0.1) is 0 Å². The summed E-state index contributed by atoms with van der Waals surface area (Å²) in [4.78, 5) is 21.9. The van der Waals surface area contributed by atoms with Gasteiger partial charge in [0.05, 0.1) is 16.7 Å². The molecule has 0 aliphatic heterocycles. The van der Waals surface area contributed by atoms with E-state index in [1.54, 1.807) is 6.07 Å². The lowest BCUT2D eigenvalue weighted by molar-refractivity contribution is -0.384. The minimum absolute atomic E-state index is 0.00286. The standard InChI is InChI=1S/C14H11FN4O3/c15-11-3-1-2-9(4-11)8-17-18-14(20)10-5-12(16)7-13(6-10)19(21)22/h1-8H,16H2,(H,18,20). The fourth-order valence-corrected chi connectivity index (χ4v) is 1.69. The molecule has 0 radical (unpaired) electrons. The minimum Gasteiger partial charge on any atom is -0.399 e. The highest BCUT2D eigenvalue weighted by Crippen LogP contribution is 2.18. The molecule has 3 N–H and O–H groups in total. The number of nitrogens with zero attached hydrogens (tertiary/aromatic N) is 2. The van der Waals surface area contributed by atoms with Crippen LogP contribution in [0.3, 0.4) is 0 Å². The van der Waals surface area contributed by atoms with E-state index in [2.05, 4.69) is 10.5 Å². The number of hydrogen-bond acceptors (Lipinski definition) is 5. The number of nitrogens with one attached hydrogen (secondary N) is 1. The summed E-state index contributed by atoms with van der Waals surface area (Å²) in [6.07, 6.45) is 1.25. The number of nitro benzene ring substituents is 1. The summed E-state index contributed by atoms with van der Waals surface area (Å²) in [5.74, 6) is -1.09. The summed E-state index contributed by atoms with van der Waals surface area (Å²) in [6, 6.07) is 9.14. The molecule has 22 heavy (non-hydrogen) atoms. The Balaban J connectivity index is 2.11. The molecule has 0 atom stereocenters. The number of halogens is 1. The number of hydrazone groups is 1. The Bertz CT molecular complexity index is 762. The topological polar surface area (TPSA) is 111 Å². The molecule has 0 bridgehead atoms. The number of hydrogen-bond donors (Lipinski definition) is 2. The second-order valence-corrected chi connectivity index (χ2v) is 4.32. The van der Waals surface area contributed by atoms with E-state index in [-0.39, 0.29) is 16.9 Å². The molecular formula is C14H11FN4O3. The van der Waals surface area contributed by atoms with Gasteiger partial charge in [0, 0.05) is 17.8 Å². The van der Waals surface area contributed by atoms with Crippen LogP contribution < -0.4 is 11.2 Å². The summed E-state index contributed by atoms with van der Waals surface area (Å²) in [5, 5.41) is 14.4. The zero-order valence-corrected chi connectivity index (χ0v) is 11.2. The van der Waals surface area contributed by atoms with Gasteiger partial charge in [-0.2, -0.15) is 5.10 Å². The van der Waals surface area contributed by atoms with Crippen LogP contribution in [0.25, 0.3) is 0 Å². The maximum Gasteiger partial charge on any atom is 0.272 e. The first-order valence-electron chi connectivity index (χ1n) is 6.09. The molecule has 1 amide bonds. The monoisotopic (exact) mass is 302 g/mol. The molecule has 0 spiro atoms. The Hall–Kier alpha value is -3.29. The van der Waals surface area contributed by atoms with Crippen molar-refractivity contribution in [2.45, 2.75) is 0 Å². The van der Waals surface area contributed by atoms with Crippen molar-refractivity contribution in [2.75, 3.05) is 5.73 Å². The molecule has 2 aromatic rings. The number of carbonyl (C=O) groups excluding carboxylic acids is 1. The molecule has 0 heterocycles. The lowest BCUT2D eigenvalue weighted by Crippen LogP contribution is -2.18. The van der Waals surface area contributed by atoms with Crippen molar-refractivity contribution in [3.8, 4) is 0 Å².